The molecule has 0 saturated heterocycles. The van der Waals surface area contributed by atoms with Crippen LogP contribution in [0, 0.1) is 0 Å². The summed E-state index contributed by atoms with van der Waals surface area (Å²) in [4.78, 5) is 5.14. The molecule has 6 aromatic rings. The summed E-state index contributed by atoms with van der Waals surface area (Å²) >= 11 is 3.58. The molecule has 0 saturated carbocycles. The van der Waals surface area contributed by atoms with Crippen molar-refractivity contribution in [3.63, 3.8) is 0 Å². The Morgan fingerprint density at radius 1 is 0.250 bits per heavy atom. The van der Waals surface area contributed by atoms with Crippen molar-refractivity contribution in [2.24, 2.45) is 0 Å². The highest BCUT2D eigenvalue weighted by atomic mass is 32.2. The fourth-order valence-electron chi connectivity index (χ4n) is 3.80. The Morgan fingerprint density at radius 2 is 0.450 bits per heavy atom. The van der Waals surface area contributed by atoms with E-state index < -0.39 is 0 Å². The number of aryl methyl sites for hydroxylation is 2. The van der Waals surface area contributed by atoms with E-state index in [-0.39, 0.29) is 0 Å². The van der Waals surface area contributed by atoms with E-state index in [1.807, 2.05) is 24.3 Å². The van der Waals surface area contributed by atoms with Crippen molar-refractivity contribution in [3.8, 4) is 0 Å². The normalized spacial score (nSPS) is 9.90. The van der Waals surface area contributed by atoms with Gasteiger partial charge in [-0.1, -0.05) is 157 Å². The van der Waals surface area contributed by atoms with Crippen molar-refractivity contribution in [2.45, 2.75) is 32.4 Å². The molecule has 0 radical (unpaired) electrons. The SMILES string of the molecule is c1ccc(CCc2ccccc2)cc1.c1ccc(Sc2ccccc2)cc1.c1ccc(Sc2ccccc2)cc1. The lowest BCUT2D eigenvalue weighted by atomic mass is 10.0. The third-order valence-electron chi connectivity index (χ3n) is 5.83. The molecule has 40 heavy (non-hydrogen) atoms. The van der Waals surface area contributed by atoms with E-state index in [0.717, 1.165) is 12.8 Å². The first kappa shape index (κ1) is 29.0. The predicted molar refractivity (Wildman–Crippen MR) is 174 cm³/mol. The summed E-state index contributed by atoms with van der Waals surface area (Å²) < 4.78 is 0. The summed E-state index contributed by atoms with van der Waals surface area (Å²) in [6.07, 6.45) is 2.26. The van der Waals surface area contributed by atoms with Gasteiger partial charge in [-0.15, -0.1) is 0 Å². The van der Waals surface area contributed by atoms with Crippen molar-refractivity contribution in [1.29, 1.82) is 0 Å². The monoisotopic (exact) mass is 554 g/mol. The molecule has 0 nitrogen and oxygen atoms in total. The molecular formula is C38H34S2. The number of hydrogen-bond acceptors (Lipinski definition) is 2. The van der Waals surface area contributed by atoms with E-state index in [1.54, 1.807) is 23.5 Å². The van der Waals surface area contributed by atoms with Crippen LogP contribution in [0.25, 0.3) is 0 Å². The zero-order chi connectivity index (χ0) is 27.5. The average Bonchev–Trinajstić information content (AvgIpc) is 3.04. The average molecular weight is 555 g/mol. The van der Waals surface area contributed by atoms with Crippen LogP contribution >= 0.6 is 23.5 Å². The first-order valence-electron chi connectivity index (χ1n) is 13.5. The van der Waals surface area contributed by atoms with Crippen LogP contribution in [0.5, 0.6) is 0 Å². The molecule has 2 heteroatoms. The fourth-order valence-corrected chi connectivity index (χ4v) is 5.52. The molecule has 6 aromatic carbocycles. The molecule has 6 rings (SSSR count). The van der Waals surface area contributed by atoms with Gasteiger partial charge in [-0.3, -0.25) is 0 Å². The highest BCUT2D eigenvalue weighted by Crippen LogP contribution is 2.27. The standard InChI is InChI=1S/C14H14.2C12H10S/c1-3-7-13(8-4-1)11-12-14-9-5-2-6-10-14;2*1-3-7-11(8-4-1)13-12-9-5-2-6-10-12/h1-10H,11-12H2;2*1-10H. The predicted octanol–water partition coefficient (Wildman–Crippen LogP) is 11.1. The summed E-state index contributed by atoms with van der Waals surface area (Å²) in [5, 5.41) is 0. The highest BCUT2D eigenvalue weighted by Gasteiger charge is 1.95. The van der Waals surface area contributed by atoms with Gasteiger partial charge >= 0.3 is 0 Å². The first-order valence-corrected chi connectivity index (χ1v) is 15.1. The lowest BCUT2D eigenvalue weighted by molar-refractivity contribution is 0.960. The van der Waals surface area contributed by atoms with Gasteiger partial charge in [0.1, 0.15) is 0 Å². The molecule has 0 amide bonds. The quantitative estimate of drug-likeness (QED) is 0.192. The lowest BCUT2D eigenvalue weighted by Gasteiger charge is -2.01. The largest absolute Gasteiger partial charge is 0.0901 e. The van der Waals surface area contributed by atoms with Crippen LogP contribution in [0.1, 0.15) is 11.1 Å². The lowest BCUT2D eigenvalue weighted by Crippen LogP contribution is -1.89. The molecule has 0 fully saturated rings. The molecule has 0 atom stereocenters. The molecule has 0 heterocycles. The van der Waals surface area contributed by atoms with E-state index in [9.17, 15) is 0 Å². The van der Waals surface area contributed by atoms with E-state index in [2.05, 4.69) is 158 Å². The van der Waals surface area contributed by atoms with E-state index >= 15 is 0 Å². The minimum absolute atomic E-state index is 1.13. The summed E-state index contributed by atoms with van der Waals surface area (Å²) in [6, 6.07) is 62.9. The van der Waals surface area contributed by atoms with Gasteiger partial charge in [0.05, 0.1) is 0 Å². The summed E-state index contributed by atoms with van der Waals surface area (Å²) in [6.45, 7) is 0. The van der Waals surface area contributed by atoms with Gasteiger partial charge < -0.3 is 0 Å². The van der Waals surface area contributed by atoms with Crippen molar-refractivity contribution in [3.05, 3.63) is 193 Å². The molecular weight excluding hydrogens is 521 g/mol. The van der Waals surface area contributed by atoms with Crippen LogP contribution in [0.3, 0.4) is 0 Å². The van der Waals surface area contributed by atoms with Crippen molar-refractivity contribution < 1.29 is 0 Å². The zero-order valence-corrected chi connectivity index (χ0v) is 24.2. The zero-order valence-electron chi connectivity index (χ0n) is 22.6. The molecule has 0 unspecified atom stereocenters. The van der Waals surface area contributed by atoms with Gasteiger partial charge in [-0.2, -0.15) is 0 Å². The van der Waals surface area contributed by atoms with Crippen LogP contribution in [0.2, 0.25) is 0 Å². The molecule has 0 spiro atoms. The molecule has 0 aliphatic carbocycles. The number of benzene rings is 6. The minimum atomic E-state index is 1.13. The molecule has 0 bridgehead atoms. The van der Waals surface area contributed by atoms with E-state index in [0.29, 0.717) is 0 Å². The van der Waals surface area contributed by atoms with Crippen LogP contribution in [-0.4, -0.2) is 0 Å². The molecule has 198 valence electrons. The Kier molecular flexibility index (Phi) is 12.7. The Hall–Kier alpha value is -3.98. The van der Waals surface area contributed by atoms with Gasteiger partial charge in [-0.05, 0) is 72.5 Å². The molecule has 0 aromatic heterocycles. The first-order chi connectivity index (χ1) is 19.8. The van der Waals surface area contributed by atoms with E-state index in [1.165, 1.54) is 30.7 Å². The number of hydrogen-bond donors (Lipinski definition) is 0. The fraction of sp³-hybridized carbons (Fsp3) is 0.0526. The molecule has 0 N–H and O–H groups in total. The van der Waals surface area contributed by atoms with Gasteiger partial charge in [-0.25, -0.2) is 0 Å². The maximum absolute atomic E-state index is 2.18. The molecule has 0 aliphatic rings. The van der Waals surface area contributed by atoms with Gasteiger partial charge in [0.2, 0.25) is 0 Å². The maximum Gasteiger partial charge on any atom is 0.0122 e. The van der Waals surface area contributed by atoms with Crippen molar-refractivity contribution in [1.82, 2.24) is 0 Å². The highest BCUT2D eigenvalue weighted by molar-refractivity contribution is 7.99. The second-order valence-corrected chi connectivity index (χ2v) is 11.2. The van der Waals surface area contributed by atoms with Crippen molar-refractivity contribution >= 4 is 23.5 Å². The Morgan fingerprint density at radius 3 is 0.675 bits per heavy atom. The van der Waals surface area contributed by atoms with E-state index in [4.69, 9.17) is 0 Å². The summed E-state index contributed by atoms with van der Waals surface area (Å²) in [5.74, 6) is 0. The summed E-state index contributed by atoms with van der Waals surface area (Å²) in [5.41, 5.74) is 2.83. The van der Waals surface area contributed by atoms with Crippen LogP contribution < -0.4 is 0 Å². The number of rotatable bonds is 7. The third kappa shape index (κ3) is 11.4. The maximum atomic E-state index is 2.18. The van der Waals surface area contributed by atoms with Gasteiger partial charge in [0.15, 0.2) is 0 Å². The van der Waals surface area contributed by atoms with Gasteiger partial charge in [0, 0.05) is 19.6 Å². The minimum Gasteiger partial charge on any atom is -0.0901 e. The van der Waals surface area contributed by atoms with Crippen LogP contribution in [0.15, 0.2) is 202 Å². The summed E-state index contributed by atoms with van der Waals surface area (Å²) in [7, 11) is 0. The second kappa shape index (κ2) is 17.6. The van der Waals surface area contributed by atoms with Gasteiger partial charge in [0.25, 0.3) is 0 Å². The smallest absolute Gasteiger partial charge is 0.0122 e. The Labute approximate surface area is 248 Å². The third-order valence-corrected chi connectivity index (χ3v) is 7.86. The topological polar surface area (TPSA) is 0 Å². The molecule has 0 aliphatic heterocycles. The van der Waals surface area contributed by atoms with Crippen LogP contribution in [-0.2, 0) is 12.8 Å². The second-order valence-electron chi connectivity index (χ2n) is 8.93. The Bertz CT molecular complexity index is 1250. The van der Waals surface area contributed by atoms with Crippen LogP contribution in [0.4, 0.5) is 0 Å². The van der Waals surface area contributed by atoms with Crippen molar-refractivity contribution in [2.75, 3.05) is 0 Å². The Balaban J connectivity index is 0.000000139.